The van der Waals surface area contributed by atoms with Crippen molar-refractivity contribution in [2.45, 2.75) is 53.6 Å². The van der Waals surface area contributed by atoms with Crippen LogP contribution in [-0.2, 0) is 28.6 Å². The third kappa shape index (κ3) is 15.7. The van der Waals surface area contributed by atoms with Gasteiger partial charge < -0.3 is 29.6 Å². The van der Waals surface area contributed by atoms with Gasteiger partial charge in [-0.1, -0.05) is 17.2 Å². The fourth-order valence-electron chi connectivity index (χ4n) is 1.89. The number of halogens is 1. The predicted octanol–water partition coefficient (Wildman–Crippen LogP) is 0.585. The number of tetrazole rings is 2. The highest BCUT2D eigenvalue weighted by molar-refractivity contribution is 6.42. The second kappa shape index (κ2) is 20.5. The molecule has 1 amide bonds. The van der Waals surface area contributed by atoms with Crippen molar-refractivity contribution in [1.82, 2.24) is 46.6 Å². The van der Waals surface area contributed by atoms with E-state index >= 15 is 0 Å². The quantitative estimate of drug-likeness (QED) is 0.0530. The molecule has 19 nitrogen and oxygen atoms in total. The molecule has 0 radical (unpaired) electrons. The molecule has 0 atom stereocenters. The number of carbonyl (C=O) groups excluding carboxylic acids is 3. The molecule has 4 N–H and O–H groups in total. The Labute approximate surface area is 234 Å². The van der Waals surface area contributed by atoms with Crippen LogP contribution in [0, 0.1) is 0 Å². The fourth-order valence-corrected chi connectivity index (χ4v) is 1.89. The lowest BCUT2D eigenvalue weighted by atomic mass is 10.2. The Kier molecular flexibility index (Phi) is 18.3. The summed E-state index contributed by atoms with van der Waals surface area (Å²) in [6.07, 6.45) is 0.510. The Morgan fingerprint density at radius 2 is 1.45 bits per heavy atom. The summed E-state index contributed by atoms with van der Waals surface area (Å²) in [4.78, 5) is 39.1. The minimum Gasteiger partial charge on any atom is -0.461 e. The number of ether oxygens (including phenoxy) is 3. The Balaban J connectivity index is 0.000000748. The third-order valence-corrected chi connectivity index (χ3v) is 3.74. The van der Waals surface area contributed by atoms with Gasteiger partial charge in [0, 0.05) is 5.88 Å². The fraction of sp³-hybridized carbons (Fsp3) is 0.650. The first-order valence-electron chi connectivity index (χ1n) is 11.8. The molecule has 2 aromatic rings. The second-order valence-electron chi connectivity index (χ2n) is 7.75. The van der Waals surface area contributed by atoms with Gasteiger partial charge in [0.2, 0.25) is 23.1 Å². The van der Waals surface area contributed by atoms with E-state index in [-0.39, 0.29) is 49.4 Å². The average molecular weight is 592 g/mol. The molecule has 0 aliphatic carbocycles. The topological polar surface area (TPSA) is 254 Å². The lowest BCUT2D eigenvalue weighted by Crippen LogP contribution is -2.34. The number of aromatic amines is 2. The summed E-state index contributed by atoms with van der Waals surface area (Å²) in [6.45, 7) is 11.1. The van der Waals surface area contributed by atoms with Gasteiger partial charge in [-0.2, -0.15) is 10.4 Å². The maximum atomic E-state index is 11.7. The minimum absolute atomic E-state index is 0.0139. The van der Waals surface area contributed by atoms with E-state index in [4.69, 9.17) is 31.1 Å². The van der Waals surface area contributed by atoms with Crippen LogP contribution in [0.15, 0.2) is 10.3 Å². The van der Waals surface area contributed by atoms with Gasteiger partial charge in [-0.25, -0.2) is 14.4 Å². The first-order valence-corrected chi connectivity index (χ1v) is 12.3. The molecular formula is C20H34ClN11O8. The van der Waals surface area contributed by atoms with E-state index < -0.39 is 23.6 Å². The smallest absolute Gasteiger partial charge is 0.407 e. The number of esters is 2. The second-order valence-corrected chi connectivity index (χ2v) is 8.13. The van der Waals surface area contributed by atoms with Crippen LogP contribution in [0.3, 0.4) is 0 Å². The van der Waals surface area contributed by atoms with Crippen molar-refractivity contribution < 1.29 is 38.6 Å². The zero-order valence-corrected chi connectivity index (χ0v) is 23.8. The lowest BCUT2D eigenvalue weighted by Gasteiger charge is -2.19. The number of carbonyl (C=O) groups is 3. The number of rotatable bonds is 11. The zero-order valence-electron chi connectivity index (χ0n) is 23.0. The number of hydrogen-bond acceptors (Lipinski definition) is 16. The van der Waals surface area contributed by atoms with Crippen molar-refractivity contribution in [3.8, 4) is 0 Å². The maximum Gasteiger partial charge on any atom is 0.407 e. The number of H-pyrrole nitrogens is 2. The van der Waals surface area contributed by atoms with Crippen molar-refractivity contribution >= 4 is 41.1 Å². The van der Waals surface area contributed by atoms with Crippen molar-refractivity contribution in [2.24, 2.45) is 10.3 Å². The first kappa shape index (κ1) is 35.6. The molecule has 40 heavy (non-hydrogen) atoms. The molecule has 2 heterocycles. The van der Waals surface area contributed by atoms with E-state index in [1.54, 1.807) is 34.6 Å². The number of nitrogens with one attached hydrogen (secondary N) is 3. The average Bonchev–Trinajstić information content (AvgIpc) is 3.62. The summed E-state index contributed by atoms with van der Waals surface area (Å²) in [5.74, 6) is -0.912. The van der Waals surface area contributed by atoms with Crippen LogP contribution in [0.1, 0.15) is 59.6 Å². The van der Waals surface area contributed by atoms with Crippen LogP contribution in [0.5, 0.6) is 0 Å². The molecule has 0 fully saturated rings. The molecule has 0 bridgehead atoms. The van der Waals surface area contributed by atoms with E-state index in [1.807, 2.05) is 6.92 Å². The summed E-state index contributed by atoms with van der Waals surface area (Å²) in [7, 11) is 0. The molecule has 0 aromatic carbocycles. The molecule has 20 heteroatoms. The van der Waals surface area contributed by atoms with Crippen LogP contribution >= 0.6 is 11.6 Å². The standard InChI is InChI=1S/C12H20N6O5.C5H7N5O3.C3H7Cl/c1-5-21-10(19)8(9-14-17-18-15-9)16-22-7-6-13-11(20)23-12(2,3)4;1-2-13-5(11)3(8-12)4-6-9-10-7-4;1-2-3-4/h5-7H2,1-4H3,(H,13,20)(H,14,15,17,18);12H,2H2,1H3,(H,6,7,9,10);2-3H2,1H3/b;8-3+;. The van der Waals surface area contributed by atoms with E-state index in [0.29, 0.717) is 0 Å². The third-order valence-electron chi connectivity index (χ3n) is 3.36. The van der Waals surface area contributed by atoms with Crippen molar-refractivity contribution in [1.29, 1.82) is 0 Å². The number of hydrogen-bond donors (Lipinski definition) is 4. The zero-order chi connectivity index (χ0) is 30.4. The highest BCUT2D eigenvalue weighted by atomic mass is 35.5. The first-order chi connectivity index (χ1) is 19.0. The van der Waals surface area contributed by atoms with Crippen LogP contribution in [0.25, 0.3) is 0 Å². The Morgan fingerprint density at radius 3 is 1.85 bits per heavy atom. The van der Waals surface area contributed by atoms with Crippen molar-refractivity contribution in [3.63, 3.8) is 0 Å². The molecule has 0 saturated carbocycles. The predicted molar refractivity (Wildman–Crippen MR) is 138 cm³/mol. The Bertz CT molecular complexity index is 1040. The van der Waals surface area contributed by atoms with Crippen molar-refractivity contribution in [2.75, 3.05) is 32.2 Å². The van der Waals surface area contributed by atoms with Gasteiger partial charge in [0.15, 0.2) is 0 Å². The minimum atomic E-state index is -0.800. The Hall–Kier alpha value is -4.42. The highest BCUT2D eigenvalue weighted by Gasteiger charge is 2.21. The highest BCUT2D eigenvalue weighted by Crippen LogP contribution is 2.06. The number of amides is 1. The van der Waals surface area contributed by atoms with E-state index in [0.717, 1.165) is 12.3 Å². The number of alkyl halides is 1. The van der Waals surface area contributed by atoms with Gasteiger partial charge in [-0.15, -0.1) is 32.0 Å². The molecular weight excluding hydrogens is 558 g/mol. The molecule has 0 aliphatic heterocycles. The number of nitrogens with zero attached hydrogens (tertiary/aromatic N) is 8. The normalized spacial score (nSPS) is 11.2. The van der Waals surface area contributed by atoms with Crippen LogP contribution in [0.4, 0.5) is 4.79 Å². The number of oxime groups is 2. The largest absolute Gasteiger partial charge is 0.461 e. The number of aromatic nitrogens is 8. The van der Waals surface area contributed by atoms with E-state index in [9.17, 15) is 14.4 Å². The van der Waals surface area contributed by atoms with Gasteiger partial charge >= 0.3 is 18.0 Å². The molecule has 224 valence electrons. The summed E-state index contributed by atoms with van der Waals surface area (Å²) in [6, 6.07) is 0. The SMILES string of the molecule is CCCCl.CCOC(=O)/C(=N/O)c1nn[nH]n1.CCOC(=O)C(=NOCCNC(=O)OC(C)(C)C)c1nn[nH]n1. The molecule has 0 unspecified atom stereocenters. The van der Waals surface area contributed by atoms with Gasteiger partial charge in [0.05, 0.1) is 19.8 Å². The summed E-state index contributed by atoms with van der Waals surface area (Å²) < 4.78 is 14.4. The number of alkyl carbamates (subject to hydrolysis) is 1. The van der Waals surface area contributed by atoms with Crippen molar-refractivity contribution in [3.05, 3.63) is 11.6 Å². The van der Waals surface area contributed by atoms with E-state index in [1.165, 1.54) is 0 Å². The summed E-state index contributed by atoms with van der Waals surface area (Å²) in [5, 5.41) is 42.3. The maximum absolute atomic E-state index is 11.7. The van der Waals surface area contributed by atoms with Crippen LogP contribution in [-0.4, -0.2) is 114 Å². The molecule has 2 rings (SSSR count). The molecule has 0 spiro atoms. The van der Waals surface area contributed by atoms with Gasteiger partial charge in [0.25, 0.3) is 0 Å². The molecule has 0 saturated heterocycles. The molecule has 2 aromatic heterocycles. The van der Waals surface area contributed by atoms with Gasteiger partial charge in [-0.05, 0) is 51.5 Å². The monoisotopic (exact) mass is 591 g/mol. The summed E-state index contributed by atoms with van der Waals surface area (Å²) in [5.41, 5.74) is -1.19. The van der Waals surface area contributed by atoms with Gasteiger partial charge in [0.1, 0.15) is 12.2 Å². The van der Waals surface area contributed by atoms with E-state index in [2.05, 4.69) is 61.6 Å². The van der Waals surface area contributed by atoms with Gasteiger partial charge in [-0.3, -0.25) is 0 Å². The Morgan fingerprint density at radius 1 is 0.950 bits per heavy atom. The van der Waals surface area contributed by atoms with Crippen LogP contribution < -0.4 is 5.32 Å². The lowest BCUT2D eigenvalue weighted by molar-refractivity contribution is -0.136. The summed E-state index contributed by atoms with van der Waals surface area (Å²) >= 11 is 5.19. The molecule has 0 aliphatic rings. The van der Waals surface area contributed by atoms with Crippen LogP contribution in [0.2, 0.25) is 0 Å².